The number of nitrogens with two attached hydrogens (primary N) is 1. The van der Waals surface area contributed by atoms with Crippen LogP contribution in [0.4, 0.5) is 10.1 Å². The van der Waals surface area contributed by atoms with Crippen LogP contribution in [0.5, 0.6) is 0 Å². The number of anilines is 1. The van der Waals surface area contributed by atoms with Gasteiger partial charge in [-0.1, -0.05) is 12.1 Å². The second-order valence-corrected chi connectivity index (χ2v) is 6.49. The van der Waals surface area contributed by atoms with Gasteiger partial charge < -0.3 is 5.73 Å². The van der Waals surface area contributed by atoms with E-state index in [1.54, 1.807) is 19.1 Å². The first-order valence-electron chi connectivity index (χ1n) is 6.42. The molecular formula is C15H17FN2O2S. The van der Waals surface area contributed by atoms with Crippen molar-refractivity contribution in [2.45, 2.75) is 25.3 Å². The van der Waals surface area contributed by atoms with Crippen molar-refractivity contribution in [2.24, 2.45) is 5.73 Å². The molecule has 4 nitrogen and oxygen atoms in total. The quantitative estimate of drug-likeness (QED) is 0.912. The standard InChI is InChI=1S/C15H17FN2O2S/c1-10-8-13(7-6-12(10)9-17)21(19,20)18-15-5-3-4-14(16)11(15)2/h3-8,18H,9,17H2,1-2H3. The first-order chi connectivity index (χ1) is 9.85. The van der Waals surface area contributed by atoms with E-state index in [-0.39, 0.29) is 16.1 Å². The number of aryl methyl sites for hydroxylation is 1. The van der Waals surface area contributed by atoms with Crippen LogP contribution >= 0.6 is 0 Å². The molecule has 0 aliphatic carbocycles. The molecule has 0 saturated carbocycles. The predicted molar refractivity (Wildman–Crippen MR) is 81.0 cm³/mol. The van der Waals surface area contributed by atoms with E-state index >= 15 is 0 Å². The zero-order valence-corrected chi connectivity index (χ0v) is 12.7. The van der Waals surface area contributed by atoms with Gasteiger partial charge in [-0.15, -0.1) is 0 Å². The van der Waals surface area contributed by atoms with Crippen LogP contribution in [0.1, 0.15) is 16.7 Å². The van der Waals surface area contributed by atoms with Gasteiger partial charge in [-0.3, -0.25) is 4.72 Å². The molecule has 0 amide bonds. The topological polar surface area (TPSA) is 72.2 Å². The molecule has 2 aromatic rings. The summed E-state index contributed by atoms with van der Waals surface area (Å²) in [5, 5.41) is 0. The molecule has 0 aliphatic heterocycles. The molecule has 0 fully saturated rings. The maximum Gasteiger partial charge on any atom is 0.261 e. The summed E-state index contributed by atoms with van der Waals surface area (Å²) in [7, 11) is -3.76. The van der Waals surface area contributed by atoms with E-state index in [1.807, 2.05) is 0 Å². The van der Waals surface area contributed by atoms with Gasteiger partial charge in [-0.05, 0) is 49.2 Å². The maximum absolute atomic E-state index is 13.5. The average molecular weight is 308 g/mol. The lowest BCUT2D eigenvalue weighted by atomic mass is 10.1. The minimum Gasteiger partial charge on any atom is -0.326 e. The largest absolute Gasteiger partial charge is 0.326 e. The highest BCUT2D eigenvalue weighted by Gasteiger charge is 2.17. The summed E-state index contributed by atoms with van der Waals surface area (Å²) in [6.07, 6.45) is 0. The van der Waals surface area contributed by atoms with Gasteiger partial charge >= 0.3 is 0 Å². The third kappa shape index (κ3) is 3.22. The first-order valence-corrected chi connectivity index (χ1v) is 7.91. The number of hydrogen-bond donors (Lipinski definition) is 2. The van der Waals surface area contributed by atoms with Gasteiger partial charge in [0, 0.05) is 12.1 Å². The first kappa shape index (κ1) is 15.5. The number of rotatable bonds is 4. The van der Waals surface area contributed by atoms with E-state index in [9.17, 15) is 12.8 Å². The summed E-state index contributed by atoms with van der Waals surface area (Å²) in [5.74, 6) is -0.454. The van der Waals surface area contributed by atoms with Crippen molar-refractivity contribution in [1.29, 1.82) is 0 Å². The SMILES string of the molecule is Cc1cc(S(=O)(=O)Nc2cccc(F)c2C)ccc1CN. The molecule has 2 rings (SSSR count). The minimum atomic E-state index is -3.76. The molecule has 0 spiro atoms. The van der Waals surface area contributed by atoms with E-state index in [2.05, 4.69) is 4.72 Å². The number of benzene rings is 2. The molecule has 0 aliphatic rings. The summed E-state index contributed by atoms with van der Waals surface area (Å²) in [4.78, 5) is 0.126. The van der Waals surface area contributed by atoms with Crippen molar-refractivity contribution < 1.29 is 12.8 Å². The molecule has 0 atom stereocenters. The highest BCUT2D eigenvalue weighted by Crippen LogP contribution is 2.22. The van der Waals surface area contributed by atoms with Crippen LogP contribution in [0.3, 0.4) is 0 Å². The molecule has 2 aromatic carbocycles. The lowest BCUT2D eigenvalue weighted by Crippen LogP contribution is -2.14. The normalized spacial score (nSPS) is 11.4. The van der Waals surface area contributed by atoms with Crippen LogP contribution in [0.2, 0.25) is 0 Å². The Hall–Kier alpha value is -1.92. The van der Waals surface area contributed by atoms with Gasteiger partial charge in [0.1, 0.15) is 5.82 Å². The molecular weight excluding hydrogens is 291 g/mol. The predicted octanol–water partition coefficient (Wildman–Crippen LogP) is 2.70. The Kier molecular flexibility index (Phi) is 4.29. The van der Waals surface area contributed by atoms with Crippen LogP contribution in [-0.4, -0.2) is 8.42 Å². The smallest absolute Gasteiger partial charge is 0.261 e. The summed E-state index contributed by atoms with van der Waals surface area (Å²) >= 11 is 0. The van der Waals surface area contributed by atoms with Gasteiger partial charge in [0.2, 0.25) is 0 Å². The van der Waals surface area contributed by atoms with Gasteiger partial charge in [-0.2, -0.15) is 0 Å². The molecule has 0 unspecified atom stereocenters. The highest BCUT2D eigenvalue weighted by molar-refractivity contribution is 7.92. The van der Waals surface area contributed by atoms with Crippen molar-refractivity contribution in [3.8, 4) is 0 Å². The fourth-order valence-corrected chi connectivity index (χ4v) is 3.19. The molecule has 0 radical (unpaired) electrons. The van der Waals surface area contributed by atoms with E-state index in [4.69, 9.17) is 5.73 Å². The molecule has 0 saturated heterocycles. The van der Waals surface area contributed by atoms with Crippen molar-refractivity contribution in [2.75, 3.05) is 4.72 Å². The van der Waals surface area contributed by atoms with Gasteiger partial charge in [0.25, 0.3) is 10.0 Å². The summed E-state index contributed by atoms with van der Waals surface area (Å²) < 4.78 is 40.6. The van der Waals surface area contributed by atoms with Gasteiger partial charge in [-0.25, -0.2) is 12.8 Å². The van der Waals surface area contributed by atoms with Crippen LogP contribution in [0.25, 0.3) is 0 Å². The second-order valence-electron chi connectivity index (χ2n) is 4.81. The number of halogens is 1. The van der Waals surface area contributed by atoms with Crippen LogP contribution < -0.4 is 10.5 Å². The summed E-state index contributed by atoms with van der Waals surface area (Å²) in [5.41, 5.74) is 7.74. The zero-order chi connectivity index (χ0) is 15.6. The van der Waals surface area contributed by atoms with Gasteiger partial charge in [0.15, 0.2) is 0 Å². The van der Waals surface area contributed by atoms with Crippen LogP contribution in [-0.2, 0) is 16.6 Å². The number of nitrogens with one attached hydrogen (secondary N) is 1. The molecule has 0 heterocycles. The zero-order valence-electron chi connectivity index (χ0n) is 11.9. The Morgan fingerprint density at radius 3 is 2.52 bits per heavy atom. The van der Waals surface area contributed by atoms with E-state index in [0.717, 1.165) is 11.1 Å². The third-order valence-corrected chi connectivity index (χ3v) is 4.72. The van der Waals surface area contributed by atoms with E-state index in [1.165, 1.54) is 31.2 Å². The van der Waals surface area contributed by atoms with Crippen molar-refractivity contribution in [3.05, 3.63) is 58.9 Å². The Morgan fingerprint density at radius 2 is 1.90 bits per heavy atom. The molecule has 6 heteroatoms. The van der Waals surface area contributed by atoms with E-state index in [0.29, 0.717) is 6.54 Å². The molecule has 112 valence electrons. The third-order valence-electron chi connectivity index (χ3n) is 3.36. The van der Waals surface area contributed by atoms with Crippen molar-refractivity contribution in [1.82, 2.24) is 0 Å². The fourth-order valence-electron chi connectivity index (χ4n) is 1.99. The second kappa shape index (κ2) is 5.83. The van der Waals surface area contributed by atoms with E-state index < -0.39 is 15.8 Å². The molecule has 21 heavy (non-hydrogen) atoms. The highest BCUT2D eigenvalue weighted by atomic mass is 32.2. The molecule has 0 bridgehead atoms. The molecule has 0 aromatic heterocycles. The summed E-state index contributed by atoms with van der Waals surface area (Å²) in [6.45, 7) is 3.67. The van der Waals surface area contributed by atoms with Crippen LogP contribution in [0.15, 0.2) is 41.3 Å². The minimum absolute atomic E-state index is 0.126. The fraction of sp³-hybridized carbons (Fsp3) is 0.200. The monoisotopic (exact) mass is 308 g/mol. The Bertz CT molecular complexity index is 773. The van der Waals surface area contributed by atoms with Crippen LogP contribution in [0, 0.1) is 19.7 Å². The Morgan fingerprint density at radius 1 is 1.19 bits per heavy atom. The molecule has 3 N–H and O–H groups in total. The number of sulfonamides is 1. The summed E-state index contributed by atoms with van der Waals surface area (Å²) in [6, 6.07) is 9.00. The Labute approximate surface area is 123 Å². The van der Waals surface area contributed by atoms with Gasteiger partial charge in [0.05, 0.1) is 10.6 Å². The maximum atomic E-state index is 13.5. The average Bonchev–Trinajstić information content (AvgIpc) is 2.43. The van der Waals surface area contributed by atoms with Crippen molar-refractivity contribution >= 4 is 15.7 Å². The Balaban J connectivity index is 2.39. The lowest BCUT2D eigenvalue weighted by molar-refractivity contribution is 0.600. The lowest BCUT2D eigenvalue weighted by Gasteiger charge is -2.12. The van der Waals surface area contributed by atoms with Crippen molar-refractivity contribution in [3.63, 3.8) is 0 Å². The number of hydrogen-bond acceptors (Lipinski definition) is 3.